The van der Waals surface area contributed by atoms with Crippen LogP contribution in [0.2, 0.25) is 0 Å². The zero-order valence-electron chi connectivity index (χ0n) is 15.2. The summed E-state index contributed by atoms with van der Waals surface area (Å²) in [7, 11) is 0. The van der Waals surface area contributed by atoms with E-state index in [1.54, 1.807) is 45.0 Å². The highest BCUT2D eigenvalue weighted by molar-refractivity contribution is 9.10. The van der Waals surface area contributed by atoms with Crippen molar-refractivity contribution in [3.63, 3.8) is 0 Å². The number of rotatable bonds is 4. The number of hydrogen-bond donors (Lipinski definition) is 1. The number of esters is 1. The Bertz CT molecular complexity index is 769. The highest BCUT2D eigenvalue weighted by Crippen LogP contribution is 2.32. The average molecular weight is 420 g/mol. The summed E-state index contributed by atoms with van der Waals surface area (Å²) < 4.78 is 11.9. The van der Waals surface area contributed by atoms with E-state index in [0.29, 0.717) is 11.1 Å². The SMILES string of the molecule is CC(=O)OC(NC(=O)OC(C)(C)C)(c1ccccc1)c1ccc(Br)cc1. The van der Waals surface area contributed by atoms with Crippen molar-refractivity contribution in [1.29, 1.82) is 0 Å². The number of nitrogens with one attached hydrogen (secondary N) is 1. The molecule has 0 heterocycles. The molecule has 0 saturated heterocycles. The van der Waals surface area contributed by atoms with E-state index in [2.05, 4.69) is 21.2 Å². The zero-order chi connectivity index (χ0) is 19.4. The standard InChI is InChI=1S/C20H22BrNO4/c1-14(23)25-20(15-8-6-5-7-9-15,16-10-12-17(21)13-11-16)22-18(24)26-19(2,3)4/h5-13H,1-4H3,(H,22,24). The third-order valence-electron chi connectivity index (χ3n) is 3.40. The molecule has 0 spiro atoms. The number of amides is 1. The molecule has 0 saturated carbocycles. The smallest absolute Gasteiger partial charge is 0.411 e. The van der Waals surface area contributed by atoms with E-state index in [1.165, 1.54) is 6.92 Å². The molecule has 0 aliphatic rings. The summed E-state index contributed by atoms with van der Waals surface area (Å²) in [6, 6.07) is 16.2. The summed E-state index contributed by atoms with van der Waals surface area (Å²) in [6.07, 6.45) is -0.689. The number of carbonyl (C=O) groups excluding carboxylic acids is 2. The van der Waals surface area contributed by atoms with Crippen LogP contribution < -0.4 is 5.32 Å². The summed E-state index contributed by atoms with van der Waals surface area (Å²) in [5.74, 6) is -0.534. The van der Waals surface area contributed by atoms with Crippen LogP contribution in [0.1, 0.15) is 38.8 Å². The van der Waals surface area contributed by atoms with Crippen molar-refractivity contribution in [2.24, 2.45) is 0 Å². The van der Waals surface area contributed by atoms with Crippen molar-refractivity contribution >= 4 is 28.0 Å². The first-order chi connectivity index (χ1) is 12.1. The second kappa shape index (κ2) is 7.91. The van der Waals surface area contributed by atoms with E-state index >= 15 is 0 Å². The molecular formula is C20H22BrNO4. The van der Waals surface area contributed by atoms with E-state index in [-0.39, 0.29) is 0 Å². The molecule has 0 fully saturated rings. The van der Waals surface area contributed by atoms with Gasteiger partial charge in [-0.25, -0.2) is 4.79 Å². The quantitative estimate of drug-likeness (QED) is 0.574. The van der Waals surface area contributed by atoms with Crippen LogP contribution in [0.5, 0.6) is 0 Å². The van der Waals surface area contributed by atoms with Gasteiger partial charge in [0.05, 0.1) is 0 Å². The molecular weight excluding hydrogens is 398 g/mol. The molecule has 1 atom stereocenters. The molecule has 5 nitrogen and oxygen atoms in total. The third kappa shape index (κ3) is 5.08. The number of benzene rings is 2. The van der Waals surface area contributed by atoms with Gasteiger partial charge in [0.25, 0.3) is 0 Å². The summed E-state index contributed by atoms with van der Waals surface area (Å²) in [4.78, 5) is 24.5. The van der Waals surface area contributed by atoms with E-state index in [4.69, 9.17) is 9.47 Å². The largest absolute Gasteiger partial charge is 0.444 e. The molecule has 2 rings (SSSR count). The summed E-state index contributed by atoms with van der Waals surface area (Å²) >= 11 is 3.39. The van der Waals surface area contributed by atoms with E-state index in [0.717, 1.165) is 4.47 Å². The lowest BCUT2D eigenvalue weighted by Crippen LogP contribution is -2.51. The van der Waals surface area contributed by atoms with Crippen LogP contribution in [0.4, 0.5) is 4.79 Å². The zero-order valence-corrected chi connectivity index (χ0v) is 16.8. The molecule has 1 N–H and O–H groups in total. The van der Waals surface area contributed by atoms with Gasteiger partial charge in [-0.15, -0.1) is 0 Å². The van der Waals surface area contributed by atoms with E-state index in [1.807, 2.05) is 30.3 Å². The van der Waals surface area contributed by atoms with Gasteiger partial charge in [0, 0.05) is 22.5 Å². The molecule has 2 aromatic rings. The summed E-state index contributed by atoms with van der Waals surface area (Å²) in [5, 5.41) is 2.75. The second-order valence-electron chi connectivity index (χ2n) is 6.77. The molecule has 2 aromatic carbocycles. The Morgan fingerprint density at radius 1 is 0.885 bits per heavy atom. The van der Waals surface area contributed by atoms with Crippen LogP contribution in [0.15, 0.2) is 59.1 Å². The lowest BCUT2D eigenvalue weighted by Gasteiger charge is -2.35. The lowest BCUT2D eigenvalue weighted by molar-refractivity contribution is -0.156. The van der Waals surface area contributed by atoms with Crippen LogP contribution in [-0.2, 0) is 20.0 Å². The number of carbonyl (C=O) groups is 2. The normalized spacial score (nSPS) is 13.4. The molecule has 6 heteroatoms. The topological polar surface area (TPSA) is 64.6 Å². The minimum absolute atomic E-state index is 0.534. The van der Waals surface area contributed by atoms with Gasteiger partial charge in [-0.1, -0.05) is 58.4 Å². The van der Waals surface area contributed by atoms with Gasteiger partial charge in [-0.2, -0.15) is 0 Å². The van der Waals surface area contributed by atoms with E-state index < -0.39 is 23.4 Å². The lowest BCUT2D eigenvalue weighted by atomic mass is 9.94. The van der Waals surface area contributed by atoms with E-state index in [9.17, 15) is 9.59 Å². The molecule has 0 radical (unpaired) electrons. The Morgan fingerprint density at radius 2 is 1.42 bits per heavy atom. The number of halogens is 1. The fraction of sp³-hybridized carbons (Fsp3) is 0.300. The fourth-order valence-electron chi connectivity index (χ4n) is 2.47. The second-order valence-corrected chi connectivity index (χ2v) is 7.69. The molecule has 138 valence electrons. The highest BCUT2D eigenvalue weighted by atomic mass is 79.9. The summed E-state index contributed by atoms with van der Waals surface area (Å²) in [6.45, 7) is 6.60. The monoisotopic (exact) mass is 419 g/mol. The fourth-order valence-corrected chi connectivity index (χ4v) is 2.74. The van der Waals surface area contributed by atoms with Gasteiger partial charge in [-0.05, 0) is 32.9 Å². The number of alkyl carbamates (subject to hydrolysis) is 1. The first-order valence-electron chi connectivity index (χ1n) is 8.15. The van der Waals surface area contributed by atoms with Crippen molar-refractivity contribution in [3.8, 4) is 0 Å². The molecule has 0 aliphatic heterocycles. The number of hydrogen-bond acceptors (Lipinski definition) is 4. The predicted molar refractivity (Wildman–Crippen MR) is 102 cm³/mol. The minimum Gasteiger partial charge on any atom is -0.444 e. The van der Waals surface area contributed by atoms with Gasteiger partial charge in [-0.3, -0.25) is 10.1 Å². The first-order valence-corrected chi connectivity index (χ1v) is 8.94. The first kappa shape index (κ1) is 20.0. The van der Waals surface area contributed by atoms with Gasteiger partial charge in [0.1, 0.15) is 5.60 Å². The maximum Gasteiger partial charge on any atom is 0.411 e. The molecule has 1 amide bonds. The van der Waals surface area contributed by atoms with Crippen molar-refractivity contribution in [2.45, 2.75) is 39.0 Å². The van der Waals surface area contributed by atoms with Crippen molar-refractivity contribution in [2.75, 3.05) is 0 Å². The average Bonchev–Trinajstić information content (AvgIpc) is 2.53. The number of ether oxygens (including phenoxy) is 2. The predicted octanol–water partition coefficient (Wildman–Crippen LogP) is 4.74. The van der Waals surface area contributed by atoms with Crippen LogP contribution in [0.25, 0.3) is 0 Å². The Balaban J connectivity index is 2.58. The van der Waals surface area contributed by atoms with Crippen LogP contribution in [-0.4, -0.2) is 17.7 Å². The van der Waals surface area contributed by atoms with Gasteiger partial charge in [0.15, 0.2) is 0 Å². The molecule has 0 aliphatic carbocycles. The third-order valence-corrected chi connectivity index (χ3v) is 3.93. The van der Waals surface area contributed by atoms with Crippen LogP contribution in [0, 0.1) is 0 Å². The van der Waals surface area contributed by atoms with Crippen molar-refractivity contribution in [1.82, 2.24) is 5.32 Å². The van der Waals surface area contributed by atoms with Crippen LogP contribution in [0.3, 0.4) is 0 Å². The van der Waals surface area contributed by atoms with Gasteiger partial charge < -0.3 is 9.47 Å². The van der Waals surface area contributed by atoms with Crippen LogP contribution >= 0.6 is 15.9 Å². The molecule has 0 aromatic heterocycles. The molecule has 0 bridgehead atoms. The van der Waals surface area contributed by atoms with Gasteiger partial charge >= 0.3 is 12.1 Å². The van der Waals surface area contributed by atoms with Crippen molar-refractivity contribution in [3.05, 3.63) is 70.2 Å². The highest BCUT2D eigenvalue weighted by Gasteiger charge is 2.41. The molecule has 1 unspecified atom stereocenters. The Hall–Kier alpha value is -2.34. The van der Waals surface area contributed by atoms with Crippen molar-refractivity contribution < 1.29 is 19.1 Å². The maximum atomic E-state index is 12.5. The Morgan fingerprint density at radius 3 is 1.92 bits per heavy atom. The Labute approximate surface area is 161 Å². The Kier molecular flexibility index (Phi) is 6.08. The maximum absolute atomic E-state index is 12.5. The minimum atomic E-state index is -1.50. The summed E-state index contributed by atoms with van der Waals surface area (Å²) in [5.41, 5.74) is -1.00. The molecule has 26 heavy (non-hydrogen) atoms. The van der Waals surface area contributed by atoms with Gasteiger partial charge in [0.2, 0.25) is 5.72 Å².